The Labute approximate surface area is 103 Å². The van der Waals surface area contributed by atoms with Gasteiger partial charge in [0.05, 0.1) is 20.8 Å². The van der Waals surface area contributed by atoms with E-state index in [1.54, 1.807) is 25.3 Å². The Balaban J connectivity index is 3.00. The maximum atomic E-state index is 11.4. The number of ether oxygens (including phenoxy) is 3. The molecule has 0 bridgehead atoms. The number of hydrogen-bond donors (Lipinski definition) is 0. The van der Waals surface area contributed by atoms with E-state index >= 15 is 0 Å². The first-order valence-electron chi connectivity index (χ1n) is 4.68. The molecule has 1 aromatic carbocycles. The zero-order valence-corrected chi connectivity index (χ0v) is 10.7. The van der Waals surface area contributed by atoms with Crippen molar-refractivity contribution < 1.29 is 19.0 Å². The standard InChI is InChI=1S/C11H13BrO4/c1-14-8-3-4-9(11(13)15-2)10(7-8)16-6-5-12/h3-4,7H,5-6H2,1-2H3. The van der Waals surface area contributed by atoms with Crippen LogP contribution in [0, 0.1) is 0 Å². The van der Waals surface area contributed by atoms with E-state index in [1.165, 1.54) is 7.11 Å². The Morgan fingerprint density at radius 3 is 2.69 bits per heavy atom. The van der Waals surface area contributed by atoms with Crippen LogP contribution in [0.5, 0.6) is 11.5 Å². The predicted molar refractivity (Wildman–Crippen MR) is 63.6 cm³/mol. The molecule has 0 saturated heterocycles. The maximum Gasteiger partial charge on any atom is 0.341 e. The third kappa shape index (κ3) is 3.13. The molecule has 1 aromatic rings. The molecule has 1 rings (SSSR count). The van der Waals surface area contributed by atoms with Gasteiger partial charge in [0.2, 0.25) is 0 Å². The van der Waals surface area contributed by atoms with E-state index in [0.29, 0.717) is 29.0 Å². The number of carbonyl (C=O) groups excluding carboxylic acids is 1. The van der Waals surface area contributed by atoms with Crippen LogP contribution in [-0.2, 0) is 4.74 Å². The highest BCUT2D eigenvalue weighted by atomic mass is 79.9. The number of esters is 1. The molecule has 0 aliphatic heterocycles. The average Bonchev–Trinajstić information content (AvgIpc) is 2.34. The molecule has 4 nitrogen and oxygen atoms in total. The summed E-state index contributed by atoms with van der Waals surface area (Å²) in [5.41, 5.74) is 0.393. The second kappa shape index (κ2) is 6.37. The Bertz CT molecular complexity index is 365. The number of hydrogen-bond acceptors (Lipinski definition) is 4. The summed E-state index contributed by atoms with van der Waals surface area (Å²) >= 11 is 3.25. The van der Waals surface area contributed by atoms with Gasteiger partial charge in [-0.2, -0.15) is 0 Å². The molecule has 0 aliphatic carbocycles. The molecule has 0 aromatic heterocycles. The van der Waals surface area contributed by atoms with Gasteiger partial charge >= 0.3 is 5.97 Å². The molecule has 0 amide bonds. The minimum atomic E-state index is -0.424. The maximum absolute atomic E-state index is 11.4. The van der Waals surface area contributed by atoms with Crippen molar-refractivity contribution in [2.75, 3.05) is 26.2 Å². The van der Waals surface area contributed by atoms with Gasteiger partial charge in [-0.25, -0.2) is 4.79 Å². The highest BCUT2D eigenvalue weighted by Crippen LogP contribution is 2.25. The highest BCUT2D eigenvalue weighted by Gasteiger charge is 2.13. The fourth-order valence-electron chi connectivity index (χ4n) is 1.18. The smallest absolute Gasteiger partial charge is 0.341 e. The molecule has 0 atom stereocenters. The van der Waals surface area contributed by atoms with Crippen molar-refractivity contribution in [1.82, 2.24) is 0 Å². The second-order valence-corrected chi connectivity index (χ2v) is 3.68. The van der Waals surface area contributed by atoms with Gasteiger partial charge in [0, 0.05) is 11.4 Å². The van der Waals surface area contributed by atoms with Gasteiger partial charge in [-0.3, -0.25) is 0 Å². The lowest BCUT2D eigenvalue weighted by Crippen LogP contribution is -2.07. The summed E-state index contributed by atoms with van der Waals surface area (Å²) in [7, 11) is 2.89. The largest absolute Gasteiger partial charge is 0.497 e. The molecular formula is C11H13BrO4. The molecule has 0 heterocycles. The third-order valence-corrected chi connectivity index (χ3v) is 2.25. The quantitative estimate of drug-likeness (QED) is 0.616. The average molecular weight is 289 g/mol. The van der Waals surface area contributed by atoms with Gasteiger partial charge in [0.15, 0.2) is 0 Å². The molecule has 0 saturated carbocycles. The molecule has 0 radical (unpaired) electrons. The summed E-state index contributed by atoms with van der Waals surface area (Å²) in [5.74, 6) is 0.676. The molecule has 0 N–H and O–H groups in total. The van der Waals surface area contributed by atoms with E-state index in [9.17, 15) is 4.79 Å². The van der Waals surface area contributed by atoms with E-state index in [1.807, 2.05) is 0 Å². The zero-order valence-electron chi connectivity index (χ0n) is 9.16. The fraction of sp³-hybridized carbons (Fsp3) is 0.364. The van der Waals surface area contributed by atoms with Crippen molar-refractivity contribution in [3.63, 3.8) is 0 Å². The van der Waals surface area contributed by atoms with E-state index in [2.05, 4.69) is 20.7 Å². The highest BCUT2D eigenvalue weighted by molar-refractivity contribution is 9.09. The van der Waals surface area contributed by atoms with Gasteiger partial charge in [0.25, 0.3) is 0 Å². The van der Waals surface area contributed by atoms with Crippen LogP contribution < -0.4 is 9.47 Å². The van der Waals surface area contributed by atoms with Crippen molar-refractivity contribution in [1.29, 1.82) is 0 Å². The number of rotatable bonds is 5. The third-order valence-electron chi connectivity index (χ3n) is 1.93. The summed E-state index contributed by atoms with van der Waals surface area (Å²) in [6, 6.07) is 4.97. The van der Waals surface area contributed by atoms with Crippen LogP contribution in [0.2, 0.25) is 0 Å². The summed E-state index contributed by atoms with van der Waals surface area (Å²) in [6.07, 6.45) is 0. The van der Waals surface area contributed by atoms with Gasteiger partial charge in [-0.15, -0.1) is 0 Å². The van der Waals surface area contributed by atoms with Gasteiger partial charge in [-0.1, -0.05) is 15.9 Å². The lowest BCUT2D eigenvalue weighted by Gasteiger charge is -2.10. The van der Waals surface area contributed by atoms with Crippen LogP contribution in [0.3, 0.4) is 0 Å². The summed E-state index contributed by atoms with van der Waals surface area (Å²) in [5, 5.41) is 0.685. The number of methoxy groups -OCH3 is 2. The first kappa shape index (κ1) is 12.8. The SMILES string of the molecule is COC(=O)c1ccc(OC)cc1OCCBr. The van der Waals surface area contributed by atoms with Gasteiger partial charge in [0.1, 0.15) is 17.1 Å². The molecule has 5 heteroatoms. The molecule has 88 valence electrons. The lowest BCUT2D eigenvalue weighted by molar-refractivity contribution is 0.0596. The monoisotopic (exact) mass is 288 g/mol. The molecule has 0 fully saturated rings. The Morgan fingerprint density at radius 2 is 2.12 bits per heavy atom. The number of halogens is 1. The van der Waals surface area contributed by atoms with E-state index in [0.717, 1.165) is 0 Å². The zero-order chi connectivity index (χ0) is 12.0. The Hall–Kier alpha value is -1.23. The van der Waals surface area contributed by atoms with E-state index in [4.69, 9.17) is 9.47 Å². The van der Waals surface area contributed by atoms with Gasteiger partial charge < -0.3 is 14.2 Å². The van der Waals surface area contributed by atoms with Crippen LogP contribution in [-0.4, -0.2) is 32.1 Å². The number of alkyl halides is 1. The molecular weight excluding hydrogens is 276 g/mol. The van der Waals surface area contributed by atoms with Crippen LogP contribution in [0.4, 0.5) is 0 Å². The number of carbonyl (C=O) groups is 1. The van der Waals surface area contributed by atoms with Crippen LogP contribution in [0.25, 0.3) is 0 Å². The van der Waals surface area contributed by atoms with Crippen molar-refractivity contribution in [3.8, 4) is 11.5 Å². The van der Waals surface area contributed by atoms with Crippen molar-refractivity contribution in [3.05, 3.63) is 23.8 Å². The number of benzene rings is 1. The van der Waals surface area contributed by atoms with Crippen LogP contribution >= 0.6 is 15.9 Å². The molecule has 0 spiro atoms. The van der Waals surface area contributed by atoms with Crippen molar-refractivity contribution in [2.24, 2.45) is 0 Å². The fourth-order valence-corrected chi connectivity index (χ4v) is 1.34. The minimum Gasteiger partial charge on any atom is -0.497 e. The molecule has 16 heavy (non-hydrogen) atoms. The normalized spacial score (nSPS) is 9.69. The summed E-state index contributed by atoms with van der Waals surface area (Å²) in [4.78, 5) is 11.4. The lowest BCUT2D eigenvalue weighted by atomic mass is 10.2. The second-order valence-electron chi connectivity index (χ2n) is 2.89. The Kier molecular flexibility index (Phi) is 5.11. The minimum absolute atomic E-state index is 0.393. The van der Waals surface area contributed by atoms with E-state index in [-0.39, 0.29) is 0 Å². The first-order valence-corrected chi connectivity index (χ1v) is 5.80. The molecule has 0 unspecified atom stereocenters. The van der Waals surface area contributed by atoms with Crippen LogP contribution in [0.1, 0.15) is 10.4 Å². The Morgan fingerprint density at radius 1 is 1.38 bits per heavy atom. The van der Waals surface area contributed by atoms with Crippen molar-refractivity contribution >= 4 is 21.9 Å². The van der Waals surface area contributed by atoms with E-state index < -0.39 is 5.97 Å². The summed E-state index contributed by atoms with van der Waals surface area (Å²) < 4.78 is 15.1. The summed E-state index contributed by atoms with van der Waals surface area (Å²) in [6.45, 7) is 0.469. The van der Waals surface area contributed by atoms with Crippen LogP contribution in [0.15, 0.2) is 18.2 Å². The van der Waals surface area contributed by atoms with Gasteiger partial charge in [-0.05, 0) is 12.1 Å². The predicted octanol–water partition coefficient (Wildman–Crippen LogP) is 2.26. The topological polar surface area (TPSA) is 44.8 Å². The first-order chi connectivity index (χ1) is 7.72. The van der Waals surface area contributed by atoms with Crippen molar-refractivity contribution in [2.45, 2.75) is 0 Å². The molecule has 0 aliphatic rings.